The average molecular weight is 387 g/mol. The second-order valence-corrected chi connectivity index (χ2v) is 6.79. The van der Waals surface area contributed by atoms with Crippen LogP contribution in [0, 0.1) is 5.92 Å². The Labute approximate surface area is 164 Å². The van der Waals surface area contributed by atoms with E-state index in [4.69, 9.17) is 14.2 Å². The van der Waals surface area contributed by atoms with E-state index in [-0.39, 0.29) is 11.7 Å². The minimum absolute atomic E-state index is 0.105. The molecule has 8 nitrogen and oxygen atoms in total. The number of carbonyl (C=O) groups is 2. The lowest BCUT2D eigenvalue weighted by Gasteiger charge is -2.37. The first-order valence-corrected chi connectivity index (χ1v) is 8.93. The normalized spacial score (nSPS) is 24.5. The lowest BCUT2D eigenvalue weighted by Crippen LogP contribution is -2.59. The van der Waals surface area contributed by atoms with Crippen molar-refractivity contribution >= 4 is 23.6 Å². The van der Waals surface area contributed by atoms with E-state index in [0.717, 1.165) is 5.56 Å². The molecule has 0 aromatic heterocycles. The molecule has 0 spiro atoms. The van der Waals surface area contributed by atoms with E-state index in [2.05, 4.69) is 4.99 Å². The summed E-state index contributed by atoms with van der Waals surface area (Å²) < 4.78 is 16.2. The molecule has 1 amide bonds. The van der Waals surface area contributed by atoms with Gasteiger partial charge in [-0.15, -0.1) is 0 Å². The minimum atomic E-state index is -0.654. The first-order chi connectivity index (χ1) is 13.3. The SMILES string of the molecule is COc1ccc(/C=C/C2=NC3C(C(=O)C(C)C(=O)N3C)N2C)c(OC)c1OC. The summed E-state index contributed by atoms with van der Waals surface area (Å²) in [5.41, 5.74) is 0.773. The molecule has 2 heterocycles. The van der Waals surface area contributed by atoms with Crippen LogP contribution in [0.15, 0.2) is 23.2 Å². The zero-order valence-corrected chi connectivity index (χ0v) is 16.9. The van der Waals surface area contributed by atoms with Gasteiger partial charge in [0, 0.05) is 19.7 Å². The maximum absolute atomic E-state index is 12.6. The zero-order chi connectivity index (χ0) is 20.6. The number of methoxy groups -OCH3 is 3. The highest BCUT2D eigenvalue weighted by atomic mass is 16.5. The highest BCUT2D eigenvalue weighted by molar-refractivity contribution is 6.10. The standard InChI is InChI=1S/C20H25N3O5/c1-11-16(24)15-19(23(3)20(11)25)21-14(22(15)2)10-8-12-7-9-13(26-4)18(28-6)17(12)27-5/h7-11,15,19H,1-6H3/b10-8+. The number of piperidine rings is 1. The van der Waals surface area contributed by atoms with Crippen LogP contribution in [0.1, 0.15) is 12.5 Å². The number of hydrogen-bond acceptors (Lipinski definition) is 7. The van der Waals surface area contributed by atoms with Crippen LogP contribution in [0.2, 0.25) is 0 Å². The third kappa shape index (κ3) is 2.98. The summed E-state index contributed by atoms with van der Waals surface area (Å²) in [4.78, 5) is 32.8. The molecule has 2 aliphatic rings. The number of likely N-dealkylation sites (N-methyl/N-ethyl adjacent to an activating group) is 2. The molecule has 1 aromatic carbocycles. The second-order valence-electron chi connectivity index (χ2n) is 6.79. The van der Waals surface area contributed by atoms with Crippen LogP contribution in [0.3, 0.4) is 0 Å². The van der Waals surface area contributed by atoms with Gasteiger partial charge in [-0.1, -0.05) is 0 Å². The Balaban J connectivity index is 1.93. The van der Waals surface area contributed by atoms with Crippen molar-refractivity contribution in [2.75, 3.05) is 35.4 Å². The third-order valence-electron chi connectivity index (χ3n) is 5.31. The van der Waals surface area contributed by atoms with Crippen LogP contribution in [0.25, 0.3) is 6.08 Å². The number of hydrogen-bond donors (Lipinski definition) is 0. The maximum Gasteiger partial charge on any atom is 0.234 e. The van der Waals surface area contributed by atoms with E-state index in [1.165, 1.54) is 0 Å². The van der Waals surface area contributed by atoms with Crippen molar-refractivity contribution in [1.82, 2.24) is 9.80 Å². The molecule has 3 atom stereocenters. The summed E-state index contributed by atoms with van der Waals surface area (Å²) in [5.74, 6) is 1.26. The summed E-state index contributed by atoms with van der Waals surface area (Å²) in [6, 6.07) is 3.17. The third-order valence-corrected chi connectivity index (χ3v) is 5.31. The fourth-order valence-electron chi connectivity index (χ4n) is 3.67. The Morgan fingerprint density at radius 2 is 1.64 bits per heavy atom. The van der Waals surface area contributed by atoms with Crippen LogP contribution < -0.4 is 14.2 Å². The minimum Gasteiger partial charge on any atom is -0.493 e. The van der Waals surface area contributed by atoms with E-state index < -0.39 is 18.1 Å². The van der Waals surface area contributed by atoms with Crippen molar-refractivity contribution in [3.63, 3.8) is 0 Å². The monoisotopic (exact) mass is 387 g/mol. The van der Waals surface area contributed by atoms with Crippen LogP contribution >= 0.6 is 0 Å². The molecule has 2 aliphatic heterocycles. The first kappa shape index (κ1) is 19.7. The van der Waals surface area contributed by atoms with Crippen molar-refractivity contribution in [1.29, 1.82) is 0 Å². The van der Waals surface area contributed by atoms with Gasteiger partial charge in [0.25, 0.3) is 0 Å². The van der Waals surface area contributed by atoms with Crippen molar-refractivity contribution in [2.24, 2.45) is 10.9 Å². The van der Waals surface area contributed by atoms with E-state index in [1.807, 2.05) is 24.1 Å². The van der Waals surface area contributed by atoms with E-state index >= 15 is 0 Å². The first-order valence-electron chi connectivity index (χ1n) is 8.93. The number of amides is 1. The summed E-state index contributed by atoms with van der Waals surface area (Å²) in [5, 5.41) is 0. The molecule has 0 saturated carbocycles. The lowest BCUT2D eigenvalue weighted by molar-refractivity contribution is -0.149. The number of nitrogens with zero attached hydrogens (tertiary/aromatic N) is 3. The topological polar surface area (TPSA) is 80.7 Å². The Morgan fingerprint density at radius 3 is 2.25 bits per heavy atom. The molecule has 28 heavy (non-hydrogen) atoms. The molecular weight excluding hydrogens is 362 g/mol. The van der Waals surface area contributed by atoms with Crippen LogP contribution in [-0.4, -0.2) is 75.0 Å². The predicted octanol–water partition coefficient (Wildman–Crippen LogP) is 1.44. The summed E-state index contributed by atoms with van der Waals surface area (Å²) in [6.07, 6.45) is 3.13. The lowest BCUT2D eigenvalue weighted by atomic mass is 9.91. The highest BCUT2D eigenvalue weighted by Crippen LogP contribution is 2.40. The Morgan fingerprint density at radius 1 is 0.964 bits per heavy atom. The van der Waals surface area contributed by atoms with Crippen molar-refractivity contribution in [3.8, 4) is 17.2 Å². The molecule has 3 rings (SSSR count). The molecule has 1 aromatic rings. The summed E-state index contributed by atoms with van der Waals surface area (Å²) >= 11 is 0. The largest absolute Gasteiger partial charge is 0.493 e. The molecule has 0 radical (unpaired) electrons. The van der Waals surface area contributed by atoms with Gasteiger partial charge in [0.15, 0.2) is 23.4 Å². The van der Waals surface area contributed by atoms with Gasteiger partial charge in [0.2, 0.25) is 11.7 Å². The number of ether oxygens (including phenoxy) is 3. The molecule has 0 aliphatic carbocycles. The van der Waals surface area contributed by atoms with Gasteiger partial charge >= 0.3 is 0 Å². The number of Topliss-reactive ketones (excluding diaryl/α,β-unsaturated/α-hetero) is 1. The number of fused-ring (bicyclic) bond motifs is 1. The van der Waals surface area contributed by atoms with Gasteiger partial charge in [0.1, 0.15) is 11.9 Å². The predicted molar refractivity (Wildman–Crippen MR) is 105 cm³/mol. The number of aliphatic imine (C=N–C) groups is 1. The number of likely N-dealkylation sites (tertiary alicyclic amines) is 1. The molecule has 8 heteroatoms. The Hall–Kier alpha value is -3.03. The van der Waals surface area contributed by atoms with Gasteiger partial charge in [-0.05, 0) is 31.2 Å². The van der Waals surface area contributed by atoms with Gasteiger partial charge < -0.3 is 24.0 Å². The fourth-order valence-corrected chi connectivity index (χ4v) is 3.67. The molecule has 3 unspecified atom stereocenters. The quantitative estimate of drug-likeness (QED) is 0.712. The fraction of sp³-hybridized carbons (Fsp3) is 0.450. The highest BCUT2D eigenvalue weighted by Gasteiger charge is 2.49. The van der Waals surface area contributed by atoms with Crippen LogP contribution in [0.5, 0.6) is 17.2 Å². The second kappa shape index (κ2) is 7.53. The van der Waals surface area contributed by atoms with Crippen molar-refractivity contribution in [3.05, 3.63) is 23.8 Å². The molecule has 0 N–H and O–H groups in total. The van der Waals surface area contributed by atoms with Crippen molar-refractivity contribution < 1.29 is 23.8 Å². The molecule has 1 saturated heterocycles. The van der Waals surface area contributed by atoms with Gasteiger partial charge in [-0.3, -0.25) is 9.59 Å². The van der Waals surface area contributed by atoms with Gasteiger partial charge in [0.05, 0.1) is 27.2 Å². The van der Waals surface area contributed by atoms with Crippen LogP contribution in [0.4, 0.5) is 0 Å². The van der Waals surface area contributed by atoms with E-state index in [1.54, 1.807) is 52.3 Å². The van der Waals surface area contributed by atoms with Crippen LogP contribution in [-0.2, 0) is 9.59 Å². The molecule has 150 valence electrons. The molecular formula is C20H25N3O5. The maximum atomic E-state index is 12.6. The number of carbonyl (C=O) groups excluding carboxylic acids is 2. The number of amidine groups is 1. The average Bonchev–Trinajstić information content (AvgIpc) is 3.04. The summed E-state index contributed by atoms with van der Waals surface area (Å²) in [6.45, 7) is 1.65. The Kier molecular flexibility index (Phi) is 5.31. The van der Waals surface area contributed by atoms with Gasteiger partial charge in [-0.2, -0.15) is 0 Å². The van der Waals surface area contributed by atoms with Gasteiger partial charge in [-0.25, -0.2) is 4.99 Å². The zero-order valence-electron chi connectivity index (χ0n) is 16.9. The number of ketones is 1. The van der Waals surface area contributed by atoms with E-state index in [9.17, 15) is 9.59 Å². The summed E-state index contributed by atoms with van der Waals surface area (Å²) in [7, 11) is 8.17. The number of benzene rings is 1. The smallest absolute Gasteiger partial charge is 0.234 e. The molecule has 1 fully saturated rings. The Bertz CT molecular complexity index is 864. The number of rotatable bonds is 5. The van der Waals surface area contributed by atoms with Crippen molar-refractivity contribution in [2.45, 2.75) is 19.1 Å². The molecule has 0 bridgehead atoms. The van der Waals surface area contributed by atoms with E-state index in [0.29, 0.717) is 23.1 Å².